The summed E-state index contributed by atoms with van der Waals surface area (Å²) in [6.45, 7) is 5.63. The van der Waals surface area contributed by atoms with Gasteiger partial charge in [-0.15, -0.1) is 0 Å². The highest BCUT2D eigenvalue weighted by Crippen LogP contribution is 2.18. The number of amides is 2. The average Bonchev–Trinajstić information content (AvgIpc) is 3.23. The van der Waals surface area contributed by atoms with Gasteiger partial charge in [0.25, 0.3) is 5.91 Å². The first-order valence-electron chi connectivity index (χ1n) is 9.25. The monoisotopic (exact) mass is 393 g/mol. The minimum Gasteiger partial charge on any atom is -0.491 e. The van der Waals surface area contributed by atoms with Gasteiger partial charge in [-0.05, 0) is 69.3 Å². The molecule has 0 aliphatic rings. The van der Waals surface area contributed by atoms with Crippen LogP contribution in [0.25, 0.3) is 0 Å². The molecule has 0 spiro atoms. The van der Waals surface area contributed by atoms with Crippen molar-refractivity contribution >= 4 is 23.2 Å². The molecule has 0 aliphatic carbocycles. The second kappa shape index (κ2) is 9.01. The van der Waals surface area contributed by atoms with Crippen LogP contribution in [-0.2, 0) is 4.79 Å². The SMILES string of the molecule is CC(C)Oc1ccc(C(=O)Nc2ccc(NC(=O)C(C)n3cncn3)cc2)cc1. The highest BCUT2D eigenvalue weighted by molar-refractivity contribution is 6.04. The van der Waals surface area contributed by atoms with E-state index < -0.39 is 6.04 Å². The van der Waals surface area contributed by atoms with Gasteiger partial charge in [-0.25, -0.2) is 9.67 Å². The number of hydrogen-bond donors (Lipinski definition) is 2. The number of benzene rings is 2. The Balaban J connectivity index is 1.57. The predicted molar refractivity (Wildman–Crippen MR) is 110 cm³/mol. The Morgan fingerprint density at radius 1 is 0.931 bits per heavy atom. The molecule has 1 heterocycles. The van der Waals surface area contributed by atoms with Crippen LogP contribution in [-0.4, -0.2) is 32.7 Å². The minimum absolute atomic E-state index is 0.0767. The standard InChI is InChI=1S/C21H23N5O3/c1-14(2)29-19-10-4-16(5-11-19)21(28)25-18-8-6-17(7-9-18)24-20(27)15(3)26-13-22-12-23-26/h4-15H,1-3H3,(H,24,27)(H,25,28). The van der Waals surface area contributed by atoms with E-state index in [-0.39, 0.29) is 17.9 Å². The lowest BCUT2D eigenvalue weighted by Crippen LogP contribution is -2.24. The molecule has 0 aliphatic heterocycles. The van der Waals surface area contributed by atoms with Crippen LogP contribution in [0.15, 0.2) is 61.2 Å². The molecule has 0 saturated heterocycles. The van der Waals surface area contributed by atoms with E-state index in [1.54, 1.807) is 55.5 Å². The van der Waals surface area contributed by atoms with Gasteiger partial charge < -0.3 is 15.4 Å². The molecule has 150 valence electrons. The van der Waals surface area contributed by atoms with Crippen LogP contribution in [0.2, 0.25) is 0 Å². The van der Waals surface area contributed by atoms with Crippen LogP contribution in [0.1, 0.15) is 37.2 Å². The van der Waals surface area contributed by atoms with Crippen molar-refractivity contribution in [3.8, 4) is 5.75 Å². The van der Waals surface area contributed by atoms with Crippen molar-refractivity contribution in [3.05, 3.63) is 66.7 Å². The lowest BCUT2D eigenvalue weighted by molar-refractivity contribution is -0.119. The number of aromatic nitrogens is 3. The first kappa shape index (κ1) is 20.1. The molecular weight excluding hydrogens is 370 g/mol. The quantitative estimate of drug-likeness (QED) is 0.640. The van der Waals surface area contributed by atoms with Gasteiger partial charge in [0.1, 0.15) is 24.4 Å². The summed E-state index contributed by atoms with van der Waals surface area (Å²) >= 11 is 0. The van der Waals surface area contributed by atoms with Gasteiger partial charge in [-0.2, -0.15) is 5.10 Å². The second-order valence-electron chi connectivity index (χ2n) is 6.76. The van der Waals surface area contributed by atoms with Crippen LogP contribution in [0.4, 0.5) is 11.4 Å². The molecule has 1 atom stereocenters. The van der Waals surface area contributed by atoms with Gasteiger partial charge in [0, 0.05) is 16.9 Å². The van der Waals surface area contributed by atoms with Crippen molar-refractivity contribution in [2.75, 3.05) is 10.6 Å². The third kappa shape index (κ3) is 5.41. The number of carbonyl (C=O) groups excluding carboxylic acids is 2. The van der Waals surface area contributed by atoms with Crippen LogP contribution in [0.5, 0.6) is 5.75 Å². The molecule has 0 radical (unpaired) electrons. The molecule has 0 saturated carbocycles. The summed E-state index contributed by atoms with van der Waals surface area (Å²) in [5, 5.41) is 9.60. The number of nitrogens with zero attached hydrogens (tertiary/aromatic N) is 3. The van der Waals surface area contributed by atoms with E-state index in [2.05, 4.69) is 20.7 Å². The molecule has 2 N–H and O–H groups in total. The molecule has 2 amide bonds. The zero-order valence-electron chi connectivity index (χ0n) is 16.5. The normalized spacial score (nSPS) is 11.7. The van der Waals surface area contributed by atoms with Crippen LogP contribution < -0.4 is 15.4 Å². The van der Waals surface area contributed by atoms with Crippen molar-refractivity contribution in [3.63, 3.8) is 0 Å². The maximum Gasteiger partial charge on any atom is 0.255 e. The summed E-state index contributed by atoms with van der Waals surface area (Å²) in [7, 11) is 0. The van der Waals surface area contributed by atoms with E-state index in [1.165, 1.54) is 17.3 Å². The first-order chi connectivity index (χ1) is 13.9. The van der Waals surface area contributed by atoms with Gasteiger partial charge in [0.15, 0.2) is 0 Å². The van der Waals surface area contributed by atoms with Crippen molar-refractivity contribution < 1.29 is 14.3 Å². The third-order valence-corrected chi connectivity index (χ3v) is 4.11. The molecule has 1 aromatic heterocycles. The molecule has 8 heteroatoms. The summed E-state index contributed by atoms with van der Waals surface area (Å²) in [5.41, 5.74) is 1.77. The smallest absolute Gasteiger partial charge is 0.255 e. The van der Waals surface area contributed by atoms with Crippen LogP contribution in [0, 0.1) is 0 Å². The zero-order chi connectivity index (χ0) is 20.8. The lowest BCUT2D eigenvalue weighted by Gasteiger charge is -2.13. The molecule has 0 bridgehead atoms. The Hall–Kier alpha value is -3.68. The topological polar surface area (TPSA) is 98.1 Å². The summed E-state index contributed by atoms with van der Waals surface area (Å²) in [6.07, 6.45) is 2.95. The Labute approximate surface area is 168 Å². The van der Waals surface area contributed by atoms with E-state index in [0.717, 1.165) is 5.75 Å². The fourth-order valence-electron chi connectivity index (χ4n) is 2.58. The minimum atomic E-state index is -0.487. The summed E-state index contributed by atoms with van der Waals surface area (Å²) in [4.78, 5) is 28.5. The lowest BCUT2D eigenvalue weighted by atomic mass is 10.2. The Kier molecular flexibility index (Phi) is 6.23. The van der Waals surface area contributed by atoms with E-state index in [9.17, 15) is 9.59 Å². The molecule has 2 aromatic carbocycles. The summed E-state index contributed by atoms with van der Waals surface area (Å²) in [6, 6.07) is 13.4. The maximum atomic E-state index is 12.4. The third-order valence-electron chi connectivity index (χ3n) is 4.11. The maximum absolute atomic E-state index is 12.4. The number of anilines is 2. The van der Waals surface area contributed by atoms with E-state index in [1.807, 2.05) is 13.8 Å². The Bertz CT molecular complexity index is 951. The fraction of sp³-hybridized carbons (Fsp3) is 0.238. The summed E-state index contributed by atoms with van der Waals surface area (Å²) < 4.78 is 7.05. The number of rotatable bonds is 7. The van der Waals surface area contributed by atoms with Gasteiger partial charge in [-0.1, -0.05) is 0 Å². The number of nitrogens with one attached hydrogen (secondary N) is 2. The van der Waals surface area contributed by atoms with Gasteiger partial charge >= 0.3 is 0 Å². The molecule has 29 heavy (non-hydrogen) atoms. The van der Waals surface area contributed by atoms with Gasteiger partial charge in [-0.3, -0.25) is 9.59 Å². The molecule has 3 aromatic rings. The van der Waals surface area contributed by atoms with Gasteiger partial charge in [0.2, 0.25) is 5.91 Å². The van der Waals surface area contributed by atoms with Crippen molar-refractivity contribution in [1.29, 1.82) is 0 Å². The van der Waals surface area contributed by atoms with E-state index in [4.69, 9.17) is 4.74 Å². The van der Waals surface area contributed by atoms with Crippen molar-refractivity contribution in [2.45, 2.75) is 32.9 Å². The van der Waals surface area contributed by atoms with Gasteiger partial charge in [0.05, 0.1) is 6.10 Å². The fourth-order valence-corrected chi connectivity index (χ4v) is 2.58. The number of carbonyl (C=O) groups is 2. The Morgan fingerprint density at radius 3 is 2.10 bits per heavy atom. The van der Waals surface area contributed by atoms with Crippen LogP contribution >= 0.6 is 0 Å². The molecular formula is C21H23N5O3. The highest BCUT2D eigenvalue weighted by atomic mass is 16.5. The molecule has 3 rings (SSSR count). The van der Waals surface area contributed by atoms with Crippen molar-refractivity contribution in [2.24, 2.45) is 0 Å². The average molecular weight is 393 g/mol. The molecule has 0 fully saturated rings. The van der Waals surface area contributed by atoms with E-state index in [0.29, 0.717) is 16.9 Å². The predicted octanol–water partition coefficient (Wildman–Crippen LogP) is 3.52. The second-order valence-corrected chi connectivity index (χ2v) is 6.76. The summed E-state index contributed by atoms with van der Waals surface area (Å²) in [5.74, 6) is 0.283. The Morgan fingerprint density at radius 2 is 1.55 bits per heavy atom. The highest BCUT2D eigenvalue weighted by Gasteiger charge is 2.15. The van der Waals surface area contributed by atoms with Crippen LogP contribution in [0.3, 0.4) is 0 Å². The first-order valence-corrected chi connectivity index (χ1v) is 9.25. The number of hydrogen-bond acceptors (Lipinski definition) is 5. The largest absolute Gasteiger partial charge is 0.491 e. The molecule has 8 nitrogen and oxygen atoms in total. The van der Waals surface area contributed by atoms with E-state index >= 15 is 0 Å². The zero-order valence-corrected chi connectivity index (χ0v) is 16.5. The molecule has 1 unspecified atom stereocenters. The van der Waals surface area contributed by atoms with Crippen molar-refractivity contribution in [1.82, 2.24) is 14.8 Å². The number of ether oxygens (including phenoxy) is 1.